The van der Waals surface area contributed by atoms with Gasteiger partial charge in [-0.15, -0.1) is 0 Å². The van der Waals surface area contributed by atoms with Crippen LogP contribution in [-0.4, -0.2) is 64.0 Å². The molecule has 1 aliphatic heterocycles. The van der Waals surface area contributed by atoms with Crippen molar-refractivity contribution in [1.29, 1.82) is 0 Å². The van der Waals surface area contributed by atoms with Crippen LogP contribution in [-0.2, 0) is 9.47 Å². The van der Waals surface area contributed by atoms with E-state index in [0.29, 0.717) is 25.0 Å². The number of aromatic nitrogens is 5. The summed E-state index contributed by atoms with van der Waals surface area (Å²) in [5.41, 5.74) is 5.78. The summed E-state index contributed by atoms with van der Waals surface area (Å²) in [6, 6.07) is 0. The molecule has 2 unspecified atom stereocenters. The summed E-state index contributed by atoms with van der Waals surface area (Å²) < 4.78 is 12.5. The van der Waals surface area contributed by atoms with Crippen LogP contribution in [0.25, 0.3) is 5.95 Å². The van der Waals surface area contributed by atoms with Crippen LogP contribution in [0.4, 0.5) is 11.9 Å². The smallest absolute Gasteiger partial charge is 0.241 e. The fraction of sp³-hybridized carbons (Fsp3) is 0.500. The molecule has 1 fully saturated rings. The number of nitrogens with zero attached hydrogens (tertiary/aromatic N) is 6. The van der Waals surface area contributed by atoms with Gasteiger partial charge < -0.3 is 20.1 Å². The Bertz CT molecular complexity index is 592. The Balaban J connectivity index is 1.89. The first-order chi connectivity index (χ1) is 10.2. The molecule has 0 bridgehead atoms. The number of nitrogen functional groups attached to an aromatic ring is 1. The molecule has 0 aromatic carbocycles. The Morgan fingerprint density at radius 2 is 1.76 bits per heavy atom. The molecule has 112 valence electrons. The summed E-state index contributed by atoms with van der Waals surface area (Å²) >= 11 is 0. The standard InChI is InChI=1S/C12H17N7O2/c1-20-8-5-19(6-9(8)21-2)12-16-10(13)15-11(17-12)18-4-3-14-7-18/h3-4,7-9H,5-6H2,1-2H3,(H2,13,15,16,17). The van der Waals surface area contributed by atoms with E-state index in [1.807, 2.05) is 4.90 Å². The van der Waals surface area contributed by atoms with E-state index in [0.717, 1.165) is 0 Å². The van der Waals surface area contributed by atoms with Crippen molar-refractivity contribution in [3.05, 3.63) is 18.7 Å². The molecule has 0 spiro atoms. The third kappa shape index (κ3) is 2.65. The number of methoxy groups -OCH3 is 2. The molecule has 21 heavy (non-hydrogen) atoms. The van der Waals surface area contributed by atoms with Gasteiger partial charge in [0.25, 0.3) is 0 Å². The number of ether oxygens (including phenoxy) is 2. The second kappa shape index (κ2) is 5.62. The lowest BCUT2D eigenvalue weighted by atomic mass is 10.3. The summed E-state index contributed by atoms with van der Waals surface area (Å²) in [6.45, 7) is 1.28. The number of hydrogen-bond donors (Lipinski definition) is 1. The van der Waals surface area contributed by atoms with Crippen LogP contribution in [0.2, 0.25) is 0 Å². The van der Waals surface area contributed by atoms with E-state index in [2.05, 4.69) is 19.9 Å². The molecule has 0 amide bonds. The van der Waals surface area contributed by atoms with Gasteiger partial charge in [0.05, 0.1) is 0 Å². The maximum atomic E-state index is 5.78. The van der Waals surface area contributed by atoms with Crippen LogP contribution in [0, 0.1) is 0 Å². The second-order valence-corrected chi connectivity index (χ2v) is 4.72. The van der Waals surface area contributed by atoms with E-state index in [1.165, 1.54) is 0 Å². The van der Waals surface area contributed by atoms with E-state index < -0.39 is 0 Å². The zero-order valence-electron chi connectivity index (χ0n) is 11.9. The van der Waals surface area contributed by atoms with Crippen molar-refractivity contribution in [2.75, 3.05) is 37.9 Å². The van der Waals surface area contributed by atoms with Crippen LogP contribution in [0.1, 0.15) is 0 Å². The normalized spacial score (nSPS) is 21.9. The predicted molar refractivity (Wildman–Crippen MR) is 75.2 cm³/mol. The Morgan fingerprint density at radius 3 is 2.33 bits per heavy atom. The molecule has 1 aliphatic rings. The molecular weight excluding hydrogens is 274 g/mol. The number of anilines is 2. The van der Waals surface area contributed by atoms with E-state index in [9.17, 15) is 0 Å². The minimum absolute atomic E-state index is 0.0234. The van der Waals surface area contributed by atoms with Gasteiger partial charge in [-0.25, -0.2) is 4.98 Å². The predicted octanol–water partition coefficient (Wildman–Crippen LogP) is -0.510. The Labute approximate surface area is 121 Å². The van der Waals surface area contributed by atoms with Gasteiger partial charge in [-0.3, -0.25) is 4.57 Å². The minimum atomic E-state index is -0.0234. The second-order valence-electron chi connectivity index (χ2n) is 4.72. The fourth-order valence-corrected chi connectivity index (χ4v) is 2.36. The third-order valence-electron chi connectivity index (χ3n) is 3.47. The van der Waals surface area contributed by atoms with Crippen LogP contribution in [0.15, 0.2) is 18.7 Å². The van der Waals surface area contributed by atoms with Crippen LogP contribution in [0.3, 0.4) is 0 Å². The SMILES string of the molecule is COC1CN(c2nc(N)nc(-n3ccnc3)n2)CC1OC. The lowest BCUT2D eigenvalue weighted by Gasteiger charge is -2.16. The highest BCUT2D eigenvalue weighted by Crippen LogP contribution is 2.21. The molecular formula is C12H17N7O2. The van der Waals surface area contributed by atoms with Gasteiger partial charge >= 0.3 is 0 Å². The molecule has 3 heterocycles. The number of nitrogens with two attached hydrogens (primary N) is 1. The number of hydrogen-bond acceptors (Lipinski definition) is 8. The maximum absolute atomic E-state index is 5.78. The summed E-state index contributed by atoms with van der Waals surface area (Å²) in [6.07, 6.45) is 4.96. The molecule has 2 aromatic heterocycles. The van der Waals surface area contributed by atoms with Crippen molar-refractivity contribution in [1.82, 2.24) is 24.5 Å². The first-order valence-electron chi connectivity index (χ1n) is 6.51. The van der Waals surface area contributed by atoms with Gasteiger partial charge in [-0.2, -0.15) is 15.0 Å². The first kappa shape index (κ1) is 13.7. The molecule has 9 nitrogen and oxygen atoms in total. The van der Waals surface area contributed by atoms with Gasteiger partial charge in [0, 0.05) is 39.7 Å². The Hall–Kier alpha value is -2.26. The van der Waals surface area contributed by atoms with Crippen LogP contribution in [0.5, 0.6) is 0 Å². The largest absolute Gasteiger partial charge is 0.377 e. The summed E-state index contributed by atoms with van der Waals surface area (Å²) in [7, 11) is 3.33. The topological polar surface area (TPSA) is 104 Å². The van der Waals surface area contributed by atoms with Crippen molar-refractivity contribution in [3.8, 4) is 5.95 Å². The molecule has 0 aliphatic carbocycles. The molecule has 2 aromatic rings. The third-order valence-corrected chi connectivity index (χ3v) is 3.47. The molecule has 2 N–H and O–H groups in total. The van der Waals surface area contributed by atoms with Crippen LogP contribution >= 0.6 is 0 Å². The van der Waals surface area contributed by atoms with Crippen molar-refractivity contribution >= 4 is 11.9 Å². The summed E-state index contributed by atoms with van der Waals surface area (Å²) in [5.74, 6) is 1.11. The molecule has 9 heteroatoms. The fourth-order valence-electron chi connectivity index (χ4n) is 2.36. The molecule has 0 saturated carbocycles. The number of rotatable bonds is 4. The van der Waals surface area contributed by atoms with Gasteiger partial charge in [0.1, 0.15) is 18.5 Å². The van der Waals surface area contributed by atoms with E-state index in [1.54, 1.807) is 37.5 Å². The zero-order valence-corrected chi connectivity index (χ0v) is 11.9. The molecule has 2 atom stereocenters. The van der Waals surface area contributed by atoms with Crippen molar-refractivity contribution in [2.24, 2.45) is 0 Å². The Morgan fingerprint density at radius 1 is 1.10 bits per heavy atom. The highest BCUT2D eigenvalue weighted by atomic mass is 16.5. The lowest BCUT2D eigenvalue weighted by molar-refractivity contribution is -0.00461. The highest BCUT2D eigenvalue weighted by Gasteiger charge is 2.34. The number of imidazole rings is 1. The van der Waals surface area contributed by atoms with E-state index in [4.69, 9.17) is 15.2 Å². The molecule has 0 radical (unpaired) electrons. The molecule has 3 rings (SSSR count). The van der Waals surface area contributed by atoms with Gasteiger partial charge in [0.2, 0.25) is 17.8 Å². The summed E-state index contributed by atoms with van der Waals surface area (Å²) in [5, 5.41) is 0. The average Bonchev–Trinajstić information content (AvgIpc) is 3.15. The van der Waals surface area contributed by atoms with Gasteiger partial charge in [-0.05, 0) is 0 Å². The lowest BCUT2D eigenvalue weighted by Crippen LogP contribution is -2.27. The van der Waals surface area contributed by atoms with Crippen molar-refractivity contribution in [3.63, 3.8) is 0 Å². The first-order valence-corrected chi connectivity index (χ1v) is 6.51. The van der Waals surface area contributed by atoms with Crippen LogP contribution < -0.4 is 10.6 Å². The zero-order chi connectivity index (χ0) is 14.8. The average molecular weight is 291 g/mol. The quantitative estimate of drug-likeness (QED) is 0.803. The summed E-state index contributed by atoms with van der Waals surface area (Å²) in [4.78, 5) is 18.7. The van der Waals surface area contributed by atoms with Gasteiger partial charge in [0.15, 0.2) is 0 Å². The minimum Gasteiger partial charge on any atom is -0.377 e. The monoisotopic (exact) mass is 291 g/mol. The maximum Gasteiger partial charge on any atom is 0.241 e. The van der Waals surface area contributed by atoms with Crippen molar-refractivity contribution < 1.29 is 9.47 Å². The van der Waals surface area contributed by atoms with E-state index >= 15 is 0 Å². The van der Waals surface area contributed by atoms with Crippen molar-refractivity contribution in [2.45, 2.75) is 12.2 Å². The van der Waals surface area contributed by atoms with E-state index in [-0.39, 0.29) is 18.2 Å². The molecule has 1 saturated heterocycles. The Kier molecular flexibility index (Phi) is 3.67. The van der Waals surface area contributed by atoms with Gasteiger partial charge in [-0.1, -0.05) is 0 Å². The highest BCUT2D eigenvalue weighted by molar-refractivity contribution is 5.39.